The average molecular weight is 247 g/mol. The molecule has 0 radical (unpaired) electrons. The minimum absolute atomic E-state index is 0.563. The fraction of sp³-hybridized carbons (Fsp3) is 0.625. The van der Waals surface area contributed by atoms with E-state index >= 15 is 0 Å². The van der Waals surface area contributed by atoms with Gasteiger partial charge in [-0.1, -0.05) is 45.4 Å². The maximum atomic E-state index is 5.92. The highest BCUT2D eigenvalue weighted by Gasteiger charge is 2.29. The Bertz CT molecular complexity index is 377. The van der Waals surface area contributed by atoms with Gasteiger partial charge in [0.1, 0.15) is 5.75 Å². The van der Waals surface area contributed by atoms with Gasteiger partial charge in [-0.3, -0.25) is 0 Å². The van der Waals surface area contributed by atoms with Crippen LogP contribution in [0.1, 0.15) is 32.8 Å². The van der Waals surface area contributed by atoms with Crippen molar-refractivity contribution in [2.75, 3.05) is 13.2 Å². The van der Waals surface area contributed by atoms with Crippen LogP contribution >= 0.6 is 0 Å². The molecule has 0 saturated carbocycles. The monoisotopic (exact) mass is 247 g/mol. The topological polar surface area (TPSA) is 21.3 Å². The van der Waals surface area contributed by atoms with Gasteiger partial charge < -0.3 is 10.1 Å². The summed E-state index contributed by atoms with van der Waals surface area (Å²) in [5.74, 6) is 2.37. The molecule has 0 fully saturated rings. The summed E-state index contributed by atoms with van der Waals surface area (Å²) >= 11 is 0. The zero-order valence-corrected chi connectivity index (χ0v) is 11.8. The Balaban J connectivity index is 2.10. The van der Waals surface area contributed by atoms with Gasteiger partial charge in [-0.25, -0.2) is 0 Å². The molecular weight excluding hydrogens is 222 g/mol. The van der Waals surface area contributed by atoms with E-state index in [1.54, 1.807) is 0 Å². The fourth-order valence-corrected chi connectivity index (χ4v) is 2.90. The summed E-state index contributed by atoms with van der Waals surface area (Å²) in [5, 5.41) is 3.65. The van der Waals surface area contributed by atoms with Gasteiger partial charge in [0.15, 0.2) is 0 Å². The molecule has 3 unspecified atom stereocenters. The minimum Gasteiger partial charge on any atom is -0.493 e. The molecule has 1 aromatic rings. The predicted octanol–water partition coefficient (Wildman–Crippen LogP) is 3.26. The molecule has 0 aliphatic carbocycles. The van der Waals surface area contributed by atoms with Crippen molar-refractivity contribution in [2.24, 2.45) is 11.8 Å². The van der Waals surface area contributed by atoms with Crippen LogP contribution < -0.4 is 10.1 Å². The molecule has 0 saturated heterocycles. The second-order valence-electron chi connectivity index (χ2n) is 5.35. The van der Waals surface area contributed by atoms with Crippen molar-refractivity contribution in [3.63, 3.8) is 0 Å². The molecule has 0 spiro atoms. The predicted molar refractivity (Wildman–Crippen MR) is 76.1 cm³/mol. The summed E-state index contributed by atoms with van der Waals surface area (Å²) < 4.78 is 5.92. The van der Waals surface area contributed by atoms with Gasteiger partial charge in [0.25, 0.3) is 0 Å². The van der Waals surface area contributed by atoms with Crippen molar-refractivity contribution in [3.05, 3.63) is 29.8 Å². The van der Waals surface area contributed by atoms with Crippen LogP contribution in [0.3, 0.4) is 0 Å². The first-order valence-electron chi connectivity index (χ1n) is 7.20. The van der Waals surface area contributed by atoms with E-state index in [9.17, 15) is 0 Å². The molecule has 1 aliphatic rings. The SMILES string of the molecule is CCNC(C(C)CC)C1COc2ccccc2C1. The maximum absolute atomic E-state index is 5.92. The number of hydrogen-bond donors (Lipinski definition) is 1. The van der Waals surface area contributed by atoms with E-state index in [0.29, 0.717) is 17.9 Å². The molecule has 3 atom stereocenters. The zero-order chi connectivity index (χ0) is 13.0. The van der Waals surface area contributed by atoms with Gasteiger partial charge in [-0.2, -0.15) is 0 Å². The van der Waals surface area contributed by atoms with Gasteiger partial charge in [-0.15, -0.1) is 0 Å². The molecule has 1 aromatic carbocycles. The van der Waals surface area contributed by atoms with Gasteiger partial charge in [0, 0.05) is 12.0 Å². The first-order chi connectivity index (χ1) is 8.76. The Labute approximate surface area is 111 Å². The molecule has 1 N–H and O–H groups in total. The summed E-state index contributed by atoms with van der Waals surface area (Å²) in [5.41, 5.74) is 1.36. The van der Waals surface area contributed by atoms with E-state index in [1.165, 1.54) is 12.0 Å². The lowest BCUT2D eigenvalue weighted by molar-refractivity contribution is 0.156. The molecule has 2 rings (SSSR count). The Morgan fingerprint density at radius 1 is 1.33 bits per heavy atom. The third-order valence-electron chi connectivity index (χ3n) is 4.11. The highest BCUT2D eigenvalue weighted by atomic mass is 16.5. The first kappa shape index (κ1) is 13.4. The second kappa shape index (κ2) is 6.24. The maximum Gasteiger partial charge on any atom is 0.122 e. The summed E-state index contributed by atoms with van der Waals surface area (Å²) in [4.78, 5) is 0. The molecule has 0 bridgehead atoms. The normalized spacial score (nSPS) is 21.8. The van der Waals surface area contributed by atoms with E-state index in [4.69, 9.17) is 4.74 Å². The van der Waals surface area contributed by atoms with Crippen LogP contribution in [0, 0.1) is 11.8 Å². The zero-order valence-electron chi connectivity index (χ0n) is 11.8. The van der Waals surface area contributed by atoms with Crippen molar-refractivity contribution in [1.29, 1.82) is 0 Å². The number of nitrogens with one attached hydrogen (secondary N) is 1. The third-order valence-corrected chi connectivity index (χ3v) is 4.11. The van der Waals surface area contributed by atoms with Gasteiger partial charge in [0.05, 0.1) is 6.61 Å². The van der Waals surface area contributed by atoms with Gasteiger partial charge in [0.2, 0.25) is 0 Å². The molecule has 2 nitrogen and oxygen atoms in total. The van der Waals surface area contributed by atoms with Crippen LogP contribution in [0.15, 0.2) is 24.3 Å². The van der Waals surface area contributed by atoms with Crippen molar-refractivity contribution in [1.82, 2.24) is 5.32 Å². The number of rotatable bonds is 5. The quantitative estimate of drug-likeness (QED) is 0.862. The number of benzene rings is 1. The smallest absolute Gasteiger partial charge is 0.122 e. The Morgan fingerprint density at radius 2 is 2.11 bits per heavy atom. The lowest BCUT2D eigenvalue weighted by atomic mass is 9.83. The van der Waals surface area contributed by atoms with Crippen molar-refractivity contribution in [2.45, 2.75) is 39.7 Å². The standard InChI is InChI=1S/C16H25NO/c1-4-12(3)16(17-5-2)14-10-13-8-6-7-9-15(13)18-11-14/h6-9,12,14,16-17H,4-5,10-11H2,1-3H3. The minimum atomic E-state index is 0.563. The number of hydrogen-bond acceptors (Lipinski definition) is 2. The van der Waals surface area contributed by atoms with Crippen LogP contribution in [0.5, 0.6) is 5.75 Å². The molecule has 1 aliphatic heterocycles. The van der Waals surface area contributed by atoms with Crippen LogP contribution in [-0.2, 0) is 6.42 Å². The highest BCUT2D eigenvalue weighted by Crippen LogP contribution is 2.30. The molecule has 1 heterocycles. The molecular formula is C16H25NO. The molecule has 0 amide bonds. The van der Waals surface area contributed by atoms with E-state index in [2.05, 4.69) is 50.4 Å². The van der Waals surface area contributed by atoms with E-state index in [-0.39, 0.29) is 0 Å². The Kier molecular flexibility index (Phi) is 4.65. The second-order valence-corrected chi connectivity index (χ2v) is 5.35. The highest BCUT2D eigenvalue weighted by molar-refractivity contribution is 5.35. The van der Waals surface area contributed by atoms with Crippen molar-refractivity contribution < 1.29 is 4.74 Å². The van der Waals surface area contributed by atoms with Gasteiger partial charge >= 0.3 is 0 Å². The fourth-order valence-electron chi connectivity index (χ4n) is 2.90. The van der Waals surface area contributed by atoms with Crippen LogP contribution in [0.2, 0.25) is 0 Å². The molecule has 2 heteroatoms. The van der Waals surface area contributed by atoms with Crippen LogP contribution in [0.4, 0.5) is 0 Å². The lowest BCUT2D eigenvalue weighted by Crippen LogP contribution is -2.45. The van der Waals surface area contributed by atoms with E-state index in [1.807, 2.05) is 0 Å². The summed E-state index contributed by atoms with van der Waals surface area (Å²) in [6, 6.07) is 9.00. The number of fused-ring (bicyclic) bond motifs is 1. The molecule has 100 valence electrons. The molecule has 0 aromatic heterocycles. The Morgan fingerprint density at radius 3 is 2.83 bits per heavy atom. The first-order valence-corrected chi connectivity index (χ1v) is 7.20. The summed E-state index contributed by atoms with van der Waals surface area (Å²) in [6.45, 7) is 8.68. The summed E-state index contributed by atoms with van der Waals surface area (Å²) in [7, 11) is 0. The van der Waals surface area contributed by atoms with E-state index in [0.717, 1.165) is 25.3 Å². The lowest BCUT2D eigenvalue weighted by Gasteiger charge is -2.35. The average Bonchev–Trinajstić information content (AvgIpc) is 2.43. The van der Waals surface area contributed by atoms with E-state index < -0.39 is 0 Å². The number of para-hydroxylation sites is 1. The van der Waals surface area contributed by atoms with Crippen molar-refractivity contribution >= 4 is 0 Å². The third kappa shape index (κ3) is 2.86. The largest absolute Gasteiger partial charge is 0.493 e. The van der Waals surface area contributed by atoms with Crippen LogP contribution in [0.25, 0.3) is 0 Å². The van der Waals surface area contributed by atoms with Gasteiger partial charge in [-0.05, 0) is 30.5 Å². The van der Waals surface area contributed by atoms with Crippen molar-refractivity contribution in [3.8, 4) is 5.75 Å². The Hall–Kier alpha value is -1.02. The number of ether oxygens (including phenoxy) is 1. The van der Waals surface area contributed by atoms with Crippen LogP contribution in [-0.4, -0.2) is 19.2 Å². The molecule has 18 heavy (non-hydrogen) atoms. The summed E-state index contributed by atoms with van der Waals surface area (Å²) in [6.07, 6.45) is 2.36.